The van der Waals surface area contributed by atoms with Gasteiger partial charge < -0.3 is 25.4 Å². The van der Waals surface area contributed by atoms with Crippen LogP contribution in [0.25, 0.3) is 0 Å². The third-order valence-electron chi connectivity index (χ3n) is 4.12. The van der Waals surface area contributed by atoms with E-state index in [0.717, 1.165) is 6.42 Å². The van der Waals surface area contributed by atoms with E-state index >= 15 is 0 Å². The highest BCUT2D eigenvalue weighted by Crippen LogP contribution is 2.24. The first-order chi connectivity index (χ1) is 14.5. The van der Waals surface area contributed by atoms with E-state index in [4.69, 9.17) is 9.47 Å². The van der Waals surface area contributed by atoms with Crippen molar-refractivity contribution in [2.24, 2.45) is 5.92 Å². The first-order valence-corrected chi connectivity index (χ1v) is 10.1. The molecule has 0 heterocycles. The summed E-state index contributed by atoms with van der Waals surface area (Å²) in [6.07, 6.45) is 0.753. The smallest absolute Gasteiger partial charge is 0.251 e. The maximum atomic E-state index is 12.4. The van der Waals surface area contributed by atoms with Gasteiger partial charge in [-0.3, -0.25) is 9.59 Å². The van der Waals surface area contributed by atoms with Crippen LogP contribution in [-0.2, 0) is 9.53 Å². The molecule has 2 amide bonds. The Kier molecular flexibility index (Phi) is 9.67. The lowest BCUT2D eigenvalue weighted by atomic mass is 10.2. The van der Waals surface area contributed by atoms with Crippen molar-refractivity contribution >= 4 is 23.2 Å². The maximum absolute atomic E-state index is 12.4. The summed E-state index contributed by atoms with van der Waals surface area (Å²) < 4.78 is 10.7. The van der Waals surface area contributed by atoms with Gasteiger partial charge in [-0.15, -0.1) is 0 Å². The minimum absolute atomic E-state index is 0.0669. The summed E-state index contributed by atoms with van der Waals surface area (Å²) >= 11 is 0. The zero-order valence-electron chi connectivity index (χ0n) is 17.9. The zero-order chi connectivity index (χ0) is 21.8. The molecule has 0 bridgehead atoms. The molecule has 2 rings (SSSR count). The number of hydrogen-bond donors (Lipinski definition) is 3. The summed E-state index contributed by atoms with van der Waals surface area (Å²) in [6, 6.07) is 14.4. The summed E-state index contributed by atoms with van der Waals surface area (Å²) in [6.45, 7) is 5.93. The molecule has 2 aromatic rings. The van der Waals surface area contributed by atoms with Gasteiger partial charge in [0.1, 0.15) is 5.75 Å². The first-order valence-electron chi connectivity index (χ1n) is 10.1. The predicted octanol–water partition coefficient (Wildman–Crippen LogP) is 3.54. The van der Waals surface area contributed by atoms with Crippen molar-refractivity contribution in [3.05, 3.63) is 54.1 Å². The average Bonchev–Trinajstić information content (AvgIpc) is 2.74. The molecule has 0 saturated carbocycles. The van der Waals surface area contributed by atoms with Gasteiger partial charge in [0.05, 0.1) is 18.8 Å². The van der Waals surface area contributed by atoms with Gasteiger partial charge in [-0.25, -0.2) is 0 Å². The monoisotopic (exact) mass is 413 g/mol. The van der Waals surface area contributed by atoms with Crippen LogP contribution in [0.1, 0.15) is 30.6 Å². The van der Waals surface area contributed by atoms with Crippen LogP contribution < -0.4 is 20.7 Å². The quantitative estimate of drug-likeness (QED) is 0.463. The Hall–Kier alpha value is -3.06. The summed E-state index contributed by atoms with van der Waals surface area (Å²) in [7, 11) is 1.63. The Labute approximate surface area is 178 Å². The molecule has 162 valence electrons. The molecule has 0 fully saturated rings. The lowest BCUT2D eigenvalue weighted by molar-refractivity contribution is -0.114. The lowest BCUT2D eigenvalue weighted by Crippen LogP contribution is -2.25. The van der Waals surface area contributed by atoms with Crippen LogP contribution >= 0.6 is 0 Å². The second-order valence-electron chi connectivity index (χ2n) is 7.29. The van der Waals surface area contributed by atoms with E-state index in [-0.39, 0.29) is 18.4 Å². The van der Waals surface area contributed by atoms with Crippen molar-refractivity contribution < 1.29 is 19.1 Å². The van der Waals surface area contributed by atoms with Gasteiger partial charge in [-0.2, -0.15) is 0 Å². The van der Waals surface area contributed by atoms with Crippen LogP contribution in [0.2, 0.25) is 0 Å². The summed E-state index contributed by atoms with van der Waals surface area (Å²) in [5.41, 5.74) is 1.86. The molecule has 30 heavy (non-hydrogen) atoms. The Morgan fingerprint density at radius 1 is 1.07 bits per heavy atom. The molecular weight excluding hydrogens is 382 g/mol. The van der Waals surface area contributed by atoms with Crippen LogP contribution in [0.5, 0.6) is 5.75 Å². The number of anilines is 2. The molecule has 0 aliphatic rings. The fourth-order valence-corrected chi connectivity index (χ4v) is 2.62. The van der Waals surface area contributed by atoms with Crippen LogP contribution in [0, 0.1) is 5.92 Å². The van der Waals surface area contributed by atoms with Crippen molar-refractivity contribution in [1.82, 2.24) is 5.32 Å². The predicted molar refractivity (Wildman–Crippen MR) is 119 cm³/mol. The molecule has 0 aromatic heterocycles. The fourth-order valence-electron chi connectivity index (χ4n) is 2.62. The van der Waals surface area contributed by atoms with E-state index in [1.807, 2.05) is 30.3 Å². The number of benzene rings is 2. The first kappa shape index (κ1) is 23.2. The molecule has 0 aliphatic carbocycles. The molecule has 0 unspecified atom stereocenters. The SMILES string of the molecule is COCCCNC(=O)c1cccc(NCC(=O)Nc2ccccc2OCC(C)C)c1. The zero-order valence-corrected chi connectivity index (χ0v) is 17.9. The minimum Gasteiger partial charge on any atom is -0.491 e. The molecule has 3 N–H and O–H groups in total. The fraction of sp³-hybridized carbons (Fsp3) is 0.391. The van der Waals surface area contributed by atoms with Crippen molar-refractivity contribution in [2.45, 2.75) is 20.3 Å². The summed E-state index contributed by atoms with van der Waals surface area (Å²) in [5.74, 6) is 0.673. The molecule has 7 nitrogen and oxygen atoms in total. The molecule has 7 heteroatoms. The Morgan fingerprint density at radius 3 is 2.63 bits per heavy atom. The number of ether oxygens (including phenoxy) is 2. The topological polar surface area (TPSA) is 88.7 Å². The second-order valence-corrected chi connectivity index (χ2v) is 7.29. The van der Waals surface area contributed by atoms with E-state index in [9.17, 15) is 9.59 Å². The Balaban J connectivity index is 1.87. The van der Waals surface area contributed by atoms with Gasteiger partial charge in [-0.05, 0) is 42.7 Å². The Bertz CT molecular complexity index is 824. The minimum atomic E-state index is -0.204. The average molecular weight is 414 g/mol. The highest BCUT2D eigenvalue weighted by Gasteiger charge is 2.10. The number of carbonyl (C=O) groups excluding carboxylic acids is 2. The van der Waals surface area contributed by atoms with Crippen molar-refractivity contribution in [3.63, 3.8) is 0 Å². The molecule has 0 radical (unpaired) electrons. The number of rotatable bonds is 12. The maximum Gasteiger partial charge on any atom is 0.251 e. The number of carbonyl (C=O) groups is 2. The van der Waals surface area contributed by atoms with Crippen LogP contribution in [0.3, 0.4) is 0 Å². The number of amides is 2. The number of para-hydroxylation sites is 2. The molecule has 2 aromatic carbocycles. The lowest BCUT2D eigenvalue weighted by Gasteiger charge is -2.14. The normalized spacial score (nSPS) is 10.5. The molecule has 0 aliphatic heterocycles. The van der Waals surface area contributed by atoms with Gasteiger partial charge in [0, 0.05) is 31.5 Å². The Morgan fingerprint density at radius 2 is 1.87 bits per heavy atom. The van der Waals surface area contributed by atoms with Crippen molar-refractivity contribution in [3.8, 4) is 5.75 Å². The number of methoxy groups -OCH3 is 1. The van der Waals surface area contributed by atoms with Gasteiger partial charge in [0.2, 0.25) is 5.91 Å². The highest BCUT2D eigenvalue weighted by atomic mass is 16.5. The molecule has 0 spiro atoms. The van der Waals surface area contributed by atoms with Gasteiger partial charge in [0.25, 0.3) is 5.91 Å². The summed E-state index contributed by atoms with van der Waals surface area (Å²) in [4.78, 5) is 24.6. The van der Waals surface area contributed by atoms with Crippen LogP contribution in [-0.4, -0.2) is 45.2 Å². The summed E-state index contributed by atoms with van der Waals surface area (Å²) in [5, 5.41) is 8.76. The third kappa shape index (κ3) is 8.13. The third-order valence-corrected chi connectivity index (χ3v) is 4.12. The standard InChI is InChI=1S/C23H31N3O4/c1-17(2)16-30-21-11-5-4-10-20(21)26-22(27)15-25-19-9-6-8-18(14-19)23(28)24-12-7-13-29-3/h4-6,8-11,14,17,25H,7,12-13,15-16H2,1-3H3,(H,24,28)(H,26,27). The van der Waals surface area contributed by atoms with Crippen LogP contribution in [0.4, 0.5) is 11.4 Å². The highest BCUT2D eigenvalue weighted by molar-refractivity contribution is 5.96. The van der Waals surface area contributed by atoms with E-state index in [1.54, 1.807) is 25.3 Å². The van der Waals surface area contributed by atoms with Gasteiger partial charge in [0.15, 0.2) is 0 Å². The van der Waals surface area contributed by atoms with Crippen LogP contribution in [0.15, 0.2) is 48.5 Å². The van der Waals surface area contributed by atoms with E-state index in [1.165, 1.54) is 0 Å². The van der Waals surface area contributed by atoms with Gasteiger partial charge >= 0.3 is 0 Å². The van der Waals surface area contributed by atoms with Crippen molar-refractivity contribution in [2.75, 3.05) is 44.0 Å². The van der Waals surface area contributed by atoms with E-state index < -0.39 is 0 Å². The van der Waals surface area contributed by atoms with E-state index in [2.05, 4.69) is 29.8 Å². The molecule has 0 saturated heterocycles. The van der Waals surface area contributed by atoms with E-state index in [0.29, 0.717) is 48.4 Å². The van der Waals surface area contributed by atoms with Gasteiger partial charge in [-0.1, -0.05) is 32.0 Å². The largest absolute Gasteiger partial charge is 0.491 e. The number of hydrogen-bond acceptors (Lipinski definition) is 5. The van der Waals surface area contributed by atoms with Crippen molar-refractivity contribution in [1.29, 1.82) is 0 Å². The second kappa shape index (κ2) is 12.5. The number of nitrogens with one attached hydrogen (secondary N) is 3. The molecule has 0 atom stereocenters. The molecular formula is C23H31N3O4.